The first-order valence-corrected chi connectivity index (χ1v) is 5.09. The van der Waals surface area contributed by atoms with E-state index in [1.54, 1.807) is 0 Å². The van der Waals surface area contributed by atoms with Crippen LogP contribution in [-0.2, 0) is 9.53 Å². The lowest BCUT2D eigenvalue weighted by atomic mass is 10.1. The third-order valence-electron chi connectivity index (χ3n) is 1.83. The Bertz CT molecular complexity index is 286. The maximum atomic E-state index is 11.6. The van der Waals surface area contributed by atoms with Gasteiger partial charge in [0.15, 0.2) is 5.60 Å². The van der Waals surface area contributed by atoms with Crippen LogP contribution in [0, 0.1) is 0 Å². The predicted octanol–water partition coefficient (Wildman–Crippen LogP) is -0.597. The molecule has 4 N–H and O–H groups in total. The lowest BCUT2D eigenvalue weighted by molar-refractivity contribution is -0.155. The van der Waals surface area contributed by atoms with Gasteiger partial charge in [-0.25, -0.2) is 18.4 Å². The molecule has 0 aromatic rings. The number of aliphatic carboxylic acids is 1. The summed E-state index contributed by atoms with van der Waals surface area (Å²) in [5.74, 6) is -1.47. The van der Waals surface area contributed by atoms with Gasteiger partial charge in [0.05, 0.1) is 13.2 Å². The molecule has 0 aliphatic heterocycles. The fourth-order valence-electron chi connectivity index (χ4n) is 0.800. The minimum Gasteiger partial charge on any atom is -0.479 e. The van der Waals surface area contributed by atoms with E-state index in [2.05, 4.69) is 15.4 Å². The van der Waals surface area contributed by atoms with Crippen LogP contribution in [-0.4, -0.2) is 60.5 Å². The van der Waals surface area contributed by atoms with Crippen LogP contribution in [0.4, 0.5) is 13.6 Å². The zero-order valence-electron chi connectivity index (χ0n) is 9.78. The van der Waals surface area contributed by atoms with Crippen molar-refractivity contribution in [1.29, 1.82) is 0 Å². The molecule has 7 nitrogen and oxygen atoms in total. The Labute approximate surface area is 102 Å². The molecule has 1 unspecified atom stereocenters. The monoisotopic (exact) mass is 270 g/mol. The van der Waals surface area contributed by atoms with Crippen molar-refractivity contribution in [1.82, 2.24) is 10.6 Å². The van der Waals surface area contributed by atoms with Gasteiger partial charge in [-0.05, 0) is 6.92 Å². The number of hydrogen-bond acceptors (Lipinski definition) is 4. The van der Waals surface area contributed by atoms with Crippen LogP contribution in [0.1, 0.15) is 6.92 Å². The van der Waals surface area contributed by atoms with Crippen LogP contribution >= 0.6 is 0 Å². The van der Waals surface area contributed by atoms with E-state index in [1.165, 1.54) is 0 Å². The van der Waals surface area contributed by atoms with Crippen molar-refractivity contribution < 1.29 is 33.3 Å². The zero-order chi connectivity index (χ0) is 14.2. The number of carboxylic acids is 1. The Balaban J connectivity index is 3.64. The van der Waals surface area contributed by atoms with Gasteiger partial charge >= 0.3 is 12.0 Å². The van der Waals surface area contributed by atoms with E-state index in [-0.39, 0.29) is 13.2 Å². The summed E-state index contributed by atoms with van der Waals surface area (Å²) in [5, 5.41) is 22.2. The van der Waals surface area contributed by atoms with E-state index in [9.17, 15) is 23.5 Å². The quantitative estimate of drug-likeness (QED) is 0.441. The number of alkyl halides is 2. The average molecular weight is 270 g/mol. The number of carboxylic acid groups (broad SMARTS) is 1. The molecule has 0 spiro atoms. The summed E-state index contributed by atoms with van der Waals surface area (Å²) in [6.45, 7) is -0.259. The van der Waals surface area contributed by atoms with Gasteiger partial charge in [0.2, 0.25) is 0 Å². The molecule has 2 amide bonds. The van der Waals surface area contributed by atoms with Crippen LogP contribution in [0.25, 0.3) is 0 Å². The number of amides is 2. The molecule has 0 bridgehead atoms. The fourth-order valence-corrected chi connectivity index (χ4v) is 0.800. The second-order valence-corrected chi connectivity index (χ2v) is 3.65. The molecule has 0 saturated heterocycles. The largest absolute Gasteiger partial charge is 0.479 e. The molecule has 9 heteroatoms. The molecular formula is C9H16F2N2O5. The van der Waals surface area contributed by atoms with Crippen molar-refractivity contribution in [3.05, 3.63) is 0 Å². The minimum atomic E-state index is -2.57. The first-order chi connectivity index (χ1) is 8.25. The average Bonchev–Trinajstić information content (AvgIpc) is 2.25. The van der Waals surface area contributed by atoms with Gasteiger partial charge in [-0.15, -0.1) is 0 Å². The molecular weight excluding hydrogens is 254 g/mol. The molecule has 0 aromatic carbocycles. The molecule has 0 rings (SSSR count). The smallest absolute Gasteiger partial charge is 0.337 e. The Kier molecular flexibility index (Phi) is 7.13. The number of carbonyl (C=O) groups excluding carboxylic acids is 1. The minimum absolute atomic E-state index is 0.00618. The molecule has 106 valence electrons. The number of rotatable bonds is 8. The number of nitrogens with one attached hydrogen (secondary N) is 2. The Morgan fingerprint density at radius 2 is 2.00 bits per heavy atom. The van der Waals surface area contributed by atoms with Crippen LogP contribution in [0.3, 0.4) is 0 Å². The van der Waals surface area contributed by atoms with Crippen LogP contribution in [0.15, 0.2) is 0 Å². The molecule has 0 aromatic heterocycles. The topological polar surface area (TPSA) is 108 Å². The summed E-state index contributed by atoms with van der Waals surface area (Å²) in [5.41, 5.74) is -2.07. The number of aliphatic hydroxyl groups is 1. The highest BCUT2D eigenvalue weighted by molar-refractivity contribution is 5.79. The Morgan fingerprint density at radius 3 is 2.50 bits per heavy atom. The van der Waals surface area contributed by atoms with Gasteiger partial charge in [0.25, 0.3) is 6.43 Å². The predicted molar refractivity (Wildman–Crippen MR) is 56.5 cm³/mol. The van der Waals surface area contributed by atoms with E-state index in [0.29, 0.717) is 0 Å². The third kappa shape index (κ3) is 7.74. The molecule has 0 aliphatic carbocycles. The summed E-state index contributed by atoms with van der Waals surface area (Å²) in [4.78, 5) is 21.6. The normalized spacial score (nSPS) is 14.1. The highest BCUT2D eigenvalue weighted by Gasteiger charge is 2.30. The summed E-state index contributed by atoms with van der Waals surface area (Å²) < 4.78 is 27.8. The standard InChI is InChI=1S/C9H16F2N2O5/c1-9(17,7(14)15)5-13-8(16)12-2-3-18-4-6(10)11/h6,17H,2-5H2,1H3,(H,14,15)(H2,12,13,16). The lowest BCUT2D eigenvalue weighted by Crippen LogP contribution is -2.49. The van der Waals surface area contributed by atoms with E-state index in [0.717, 1.165) is 6.92 Å². The number of hydrogen-bond donors (Lipinski definition) is 4. The van der Waals surface area contributed by atoms with Crippen molar-refractivity contribution in [2.45, 2.75) is 19.0 Å². The van der Waals surface area contributed by atoms with Crippen molar-refractivity contribution in [2.24, 2.45) is 0 Å². The number of ether oxygens (including phenoxy) is 1. The number of halogens is 2. The van der Waals surface area contributed by atoms with Gasteiger partial charge in [0.1, 0.15) is 6.61 Å². The summed E-state index contributed by atoms with van der Waals surface area (Å²) in [6, 6.07) is -0.725. The molecule has 18 heavy (non-hydrogen) atoms. The maximum absolute atomic E-state index is 11.6. The van der Waals surface area contributed by atoms with Crippen molar-refractivity contribution in [3.63, 3.8) is 0 Å². The third-order valence-corrected chi connectivity index (χ3v) is 1.83. The number of carbonyl (C=O) groups is 2. The Hall–Kier alpha value is -1.48. The van der Waals surface area contributed by atoms with Gasteiger partial charge in [-0.3, -0.25) is 0 Å². The van der Waals surface area contributed by atoms with Gasteiger partial charge in [-0.2, -0.15) is 0 Å². The van der Waals surface area contributed by atoms with E-state index in [1.807, 2.05) is 0 Å². The van der Waals surface area contributed by atoms with Gasteiger partial charge < -0.3 is 25.6 Å². The Morgan fingerprint density at radius 1 is 1.39 bits per heavy atom. The summed E-state index contributed by atoms with van der Waals surface area (Å²) in [6.07, 6.45) is -2.57. The first-order valence-electron chi connectivity index (χ1n) is 5.09. The number of urea groups is 1. The van der Waals surface area contributed by atoms with Gasteiger partial charge in [-0.1, -0.05) is 0 Å². The summed E-state index contributed by atoms with van der Waals surface area (Å²) in [7, 11) is 0. The van der Waals surface area contributed by atoms with E-state index < -0.39 is 37.2 Å². The van der Waals surface area contributed by atoms with Crippen molar-refractivity contribution in [3.8, 4) is 0 Å². The molecule has 0 saturated carbocycles. The molecule has 0 radical (unpaired) electrons. The highest BCUT2D eigenvalue weighted by Crippen LogP contribution is 2.00. The fraction of sp³-hybridized carbons (Fsp3) is 0.778. The van der Waals surface area contributed by atoms with E-state index in [4.69, 9.17) is 5.11 Å². The van der Waals surface area contributed by atoms with Crippen LogP contribution in [0.2, 0.25) is 0 Å². The van der Waals surface area contributed by atoms with E-state index >= 15 is 0 Å². The zero-order valence-corrected chi connectivity index (χ0v) is 9.78. The van der Waals surface area contributed by atoms with Crippen LogP contribution < -0.4 is 10.6 Å². The van der Waals surface area contributed by atoms with Crippen molar-refractivity contribution in [2.75, 3.05) is 26.3 Å². The van der Waals surface area contributed by atoms with Crippen LogP contribution in [0.5, 0.6) is 0 Å². The molecule has 0 aliphatic rings. The van der Waals surface area contributed by atoms with Gasteiger partial charge in [0, 0.05) is 6.54 Å². The second kappa shape index (κ2) is 7.77. The molecule has 1 atom stereocenters. The molecule has 0 fully saturated rings. The first kappa shape index (κ1) is 16.5. The second-order valence-electron chi connectivity index (χ2n) is 3.65. The maximum Gasteiger partial charge on any atom is 0.337 e. The highest BCUT2D eigenvalue weighted by atomic mass is 19.3. The molecule has 0 heterocycles. The SMILES string of the molecule is CC(O)(CNC(=O)NCCOCC(F)F)C(=O)O. The van der Waals surface area contributed by atoms with Crippen molar-refractivity contribution >= 4 is 12.0 Å². The lowest BCUT2D eigenvalue weighted by Gasteiger charge is -2.18. The summed E-state index contributed by atoms with van der Waals surface area (Å²) >= 11 is 0.